The number of guanidine groups is 1. The largest absolute Gasteiger partial charge is 0.469 e. The molecule has 1 N–H and O–H groups in total. The first-order valence-corrected chi connectivity index (χ1v) is 9.10. The summed E-state index contributed by atoms with van der Waals surface area (Å²) < 4.78 is 4.90. The average Bonchev–Trinajstić information content (AvgIpc) is 2.91. The standard InChI is InChI=1S/C18H36N4O2.HI/c1-13(2)22(14(3)4)10-8-9-20-18(19-6)21-11-15(5)16(12-21)17(23)24-7;/h13-16H,8-12H2,1-7H3,(H,19,20);1H. The summed E-state index contributed by atoms with van der Waals surface area (Å²) in [6.45, 7) is 14.5. The van der Waals surface area contributed by atoms with Crippen molar-refractivity contribution in [1.29, 1.82) is 0 Å². The predicted molar refractivity (Wildman–Crippen MR) is 115 cm³/mol. The smallest absolute Gasteiger partial charge is 0.310 e. The third kappa shape index (κ3) is 7.29. The number of rotatable bonds is 7. The molecular weight excluding hydrogens is 431 g/mol. The molecule has 1 aliphatic heterocycles. The summed E-state index contributed by atoms with van der Waals surface area (Å²) in [6, 6.07) is 1.12. The number of carbonyl (C=O) groups is 1. The highest BCUT2D eigenvalue weighted by molar-refractivity contribution is 14.0. The van der Waals surface area contributed by atoms with Crippen LogP contribution in [-0.4, -0.2) is 74.1 Å². The number of nitrogens with one attached hydrogen (secondary N) is 1. The molecule has 1 heterocycles. The molecule has 6 nitrogen and oxygen atoms in total. The molecule has 1 rings (SSSR count). The fourth-order valence-electron chi connectivity index (χ4n) is 3.50. The van der Waals surface area contributed by atoms with E-state index >= 15 is 0 Å². The van der Waals surface area contributed by atoms with E-state index < -0.39 is 0 Å². The van der Waals surface area contributed by atoms with E-state index in [9.17, 15) is 4.79 Å². The third-order valence-corrected chi connectivity index (χ3v) is 4.83. The van der Waals surface area contributed by atoms with E-state index in [4.69, 9.17) is 4.74 Å². The lowest BCUT2D eigenvalue weighted by molar-refractivity contribution is -0.145. The minimum atomic E-state index is -0.120. The lowest BCUT2D eigenvalue weighted by Crippen LogP contribution is -2.43. The van der Waals surface area contributed by atoms with Gasteiger partial charge in [0.2, 0.25) is 0 Å². The SMILES string of the molecule is CN=C(NCCCN(C(C)C)C(C)C)N1CC(C)C(C(=O)OC)C1.I. The first-order chi connectivity index (χ1) is 11.3. The lowest BCUT2D eigenvalue weighted by atomic mass is 9.99. The van der Waals surface area contributed by atoms with E-state index in [0.717, 1.165) is 32.0 Å². The zero-order valence-corrected chi connectivity index (χ0v) is 19.2. The van der Waals surface area contributed by atoms with Gasteiger partial charge in [0.05, 0.1) is 13.0 Å². The van der Waals surface area contributed by atoms with Gasteiger partial charge >= 0.3 is 5.97 Å². The van der Waals surface area contributed by atoms with Crippen molar-refractivity contribution in [1.82, 2.24) is 15.1 Å². The normalized spacial score (nSPS) is 21.0. The molecule has 0 aromatic carbocycles. The molecule has 148 valence electrons. The number of hydrogen-bond donors (Lipinski definition) is 1. The van der Waals surface area contributed by atoms with Gasteiger partial charge in [0, 0.05) is 45.3 Å². The van der Waals surface area contributed by atoms with Gasteiger partial charge in [-0.3, -0.25) is 14.7 Å². The van der Waals surface area contributed by atoms with Crippen LogP contribution in [0.1, 0.15) is 41.0 Å². The number of carbonyl (C=O) groups excluding carboxylic acids is 1. The number of methoxy groups -OCH3 is 1. The van der Waals surface area contributed by atoms with E-state index in [-0.39, 0.29) is 41.8 Å². The van der Waals surface area contributed by atoms with E-state index in [0.29, 0.717) is 18.6 Å². The highest BCUT2D eigenvalue weighted by Gasteiger charge is 2.36. The van der Waals surface area contributed by atoms with Crippen molar-refractivity contribution in [3.63, 3.8) is 0 Å². The van der Waals surface area contributed by atoms with Gasteiger partial charge in [-0.1, -0.05) is 6.92 Å². The summed E-state index contributed by atoms with van der Waals surface area (Å²) in [5, 5.41) is 3.44. The molecule has 0 amide bonds. The van der Waals surface area contributed by atoms with Gasteiger partial charge in [-0.25, -0.2) is 0 Å². The Hall–Kier alpha value is -0.570. The van der Waals surface area contributed by atoms with Crippen molar-refractivity contribution in [3.05, 3.63) is 0 Å². The molecule has 2 atom stereocenters. The molecule has 0 aromatic rings. The van der Waals surface area contributed by atoms with Gasteiger partial charge in [-0.05, 0) is 40.0 Å². The molecule has 7 heteroatoms. The Balaban J connectivity index is 0.00000576. The minimum Gasteiger partial charge on any atom is -0.469 e. The first-order valence-electron chi connectivity index (χ1n) is 9.10. The number of aliphatic imine (C=N–C) groups is 1. The van der Waals surface area contributed by atoms with Crippen LogP contribution in [0.15, 0.2) is 4.99 Å². The maximum atomic E-state index is 11.8. The number of hydrogen-bond acceptors (Lipinski definition) is 4. The average molecular weight is 468 g/mol. The van der Waals surface area contributed by atoms with Crippen molar-refractivity contribution in [2.75, 3.05) is 40.3 Å². The fraction of sp³-hybridized carbons (Fsp3) is 0.889. The Kier molecular flexibility index (Phi) is 11.7. The second-order valence-electron chi connectivity index (χ2n) is 7.26. The number of halogens is 1. The molecule has 1 fully saturated rings. The molecule has 1 saturated heterocycles. The summed E-state index contributed by atoms with van der Waals surface area (Å²) in [5.41, 5.74) is 0. The van der Waals surface area contributed by atoms with Gasteiger partial charge in [-0.15, -0.1) is 24.0 Å². The molecule has 0 radical (unpaired) electrons. The van der Waals surface area contributed by atoms with Crippen LogP contribution in [0.4, 0.5) is 0 Å². The number of ether oxygens (including phenoxy) is 1. The molecule has 0 spiro atoms. The Labute approximate surface area is 170 Å². The molecule has 0 saturated carbocycles. The first kappa shape index (κ1) is 24.4. The lowest BCUT2D eigenvalue weighted by Gasteiger charge is -2.30. The van der Waals surface area contributed by atoms with Gasteiger partial charge in [0.25, 0.3) is 0 Å². The molecule has 0 aromatic heterocycles. The summed E-state index contributed by atoms with van der Waals surface area (Å²) >= 11 is 0. The molecular formula is C18H37IN4O2. The van der Waals surface area contributed by atoms with Crippen molar-refractivity contribution in [2.24, 2.45) is 16.8 Å². The molecule has 1 aliphatic rings. The molecule has 0 aliphatic carbocycles. The van der Waals surface area contributed by atoms with Gasteiger partial charge in [0.15, 0.2) is 5.96 Å². The van der Waals surface area contributed by atoms with E-state index in [2.05, 4.69) is 54.7 Å². The van der Waals surface area contributed by atoms with Crippen LogP contribution in [0.2, 0.25) is 0 Å². The third-order valence-electron chi connectivity index (χ3n) is 4.83. The van der Waals surface area contributed by atoms with Crippen LogP contribution in [0.25, 0.3) is 0 Å². The topological polar surface area (TPSA) is 57.2 Å². The second-order valence-corrected chi connectivity index (χ2v) is 7.26. The number of likely N-dealkylation sites (tertiary alicyclic amines) is 1. The van der Waals surface area contributed by atoms with Crippen molar-refractivity contribution in [3.8, 4) is 0 Å². The van der Waals surface area contributed by atoms with Gasteiger partial charge in [0.1, 0.15) is 0 Å². The highest BCUT2D eigenvalue weighted by Crippen LogP contribution is 2.24. The molecule has 0 bridgehead atoms. The summed E-state index contributed by atoms with van der Waals surface area (Å²) in [6.07, 6.45) is 1.07. The monoisotopic (exact) mass is 468 g/mol. The number of esters is 1. The Morgan fingerprint density at radius 2 is 1.88 bits per heavy atom. The molecule has 25 heavy (non-hydrogen) atoms. The molecule has 2 unspecified atom stereocenters. The predicted octanol–water partition coefficient (Wildman–Crippen LogP) is 2.43. The summed E-state index contributed by atoms with van der Waals surface area (Å²) in [5.74, 6) is 0.984. The van der Waals surface area contributed by atoms with Crippen molar-refractivity contribution >= 4 is 35.9 Å². The van der Waals surface area contributed by atoms with Gasteiger partial charge in [-0.2, -0.15) is 0 Å². The Morgan fingerprint density at radius 3 is 2.36 bits per heavy atom. The van der Waals surface area contributed by atoms with E-state index in [1.807, 2.05) is 0 Å². The van der Waals surface area contributed by atoms with Crippen LogP contribution >= 0.6 is 24.0 Å². The van der Waals surface area contributed by atoms with E-state index in [1.165, 1.54) is 7.11 Å². The maximum absolute atomic E-state index is 11.8. The van der Waals surface area contributed by atoms with Crippen LogP contribution in [0, 0.1) is 11.8 Å². The summed E-state index contributed by atoms with van der Waals surface area (Å²) in [7, 11) is 3.26. The quantitative estimate of drug-likeness (QED) is 0.205. The fourth-order valence-corrected chi connectivity index (χ4v) is 3.50. The van der Waals surface area contributed by atoms with Crippen LogP contribution in [0.3, 0.4) is 0 Å². The van der Waals surface area contributed by atoms with Crippen molar-refractivity contribution in [2.45, 2.75) is 53.1 Å². The second kappa shape index (κ2) is 11.9. The zero-order chi connectivity index (χ0) is 18.3. The zero-order valence-electron chi connectivity index (χ0n) is 16.9. The summed E-state index contributed by atoms with van der Waals surface area (Å²) in [4.78, 5) is 20.9. The van der Waals surface area contributed by atoms with Crippen LogP contribution < -0.4 is 5.32 Å². The highest BCUT2D eigenvalue weighted by atomic mass is 127. The van der Waals surface area contributed by atoms with Crippen molar-refractivity contribution < 1.29 is 9.53 Å². The van der Waals surface area contributed by atoms with E-state index in [1.54, 1.807) is 7.05 Å². The number of nitrogens with zero attached hydrogens (tertiary/aromatic N) is 3. The minimum absolute atomic E-state index is 0. The van der Waals surface area contributed by atoms with Crippen LogP contribution in [-0.2, 0) is 9.53 Å². The maximum Gasteiger partial charge on any atom is 0.310 e. The van der Waals surface area contributed by atoms with Crippen LogP contribution in [0.5, 0.6) is 0 Å². The Bertz CT molecular complexity index is 421. The van der Waals surface area contributed by atoms with Gasteiger partial charge < -0.3 is 15.0 Å². The Morgan fingerprint density at radius 1 is 1.28 bits per heavy atom.